The van der Waals surface area contributed by atoms with Crippen LogP contribution >= 0.6 is 0 Å². The lowest BCUT2D eigenvalue weighted by atomic mass is 9.99. The monoisotopic (exact) mass is 475 g/mol. The van der Waals surface area contributed by atoms with Crippen molar-refractivity contribution in [3.63, 3.8) is 0 Å². The zero-order valence-electron chi connectivity index (χ0n) is 20.4. The molecule has 33 heavy (non-hydrogen) atoms. The second-order valence-electron chi connectivity index (χ2n) is 8.33. The van der Waals surface area contributed by atoms with Gasteiger partial charge in [0.25, 0.3) is 0 Å². The number of hydrogen-bond acceptors (Lipinski definition) is 5. The van der Waals surface area contributed by atoms with Crippen molar-refractivity contribution in [2.75, 3.05) is 21.3 Å². The third-order valence-corrected chi connectivity index (χ3v) is 8.32. The Hall–Kier alpha value is -2.35. The maximum atomic E-state index is 14.0. The molecule has 0 unspecified atom stereocenters. The molecule has 0 aliphatic heterocycles. The molecule has 2 aromatic carbocycles. The van der Waals surface area contributed by atoms with Gasteiger partial charge in [-0.2, -0.15) is 4.31 Å². The van der Waals surface area contributed by atoms with Gasteiger partial charge in [0.15, 0.2) is 0 Å². The van der Waals surface area contributed by atoms with Crippen LogP contribution in [0.1, 0.15) is 37.8 Å². The average molecular weight is 476 g/mol. The molecule has 7 heteroatoms. The highest BCUT2D eigenvalue weighted by molar-refractivity contribution is 7.89. The van der Waals surface area contributed by atoms with E-state index in [2.05, 4.69) is 6.58 Å². The number of sulfonamides is 1. The summed E-state index contributed by atoms with van der Waals surface area (Å²) in [6.07, 6.45) is 2.62. The second-order valence-corrected chi connectivity index (χ2v) is 10.5. The summed E-state index contributed by atoms with van der Waals surface area (Å²) in [5, 5.41) is -0.595. The molecule has 0 radical (unpaired) electrons. The molecule has 0 amide bonds. The summed E-state index contributed by atoms with van der Waals surface area (Å²) in [5.41, 5.74) is 1.78. The van der Waals surface area contributed by atoms with Gasteiger partial charge < -0.3 is 14.2 Å². The van der Waals surface area contributed by atoms with Gasteiger partial charge in [-0.15, -0.1) is 6.58 Å². The Bertz CT molecular complexity index is 908. The number of methoxy groups -OCH3 is 3. The fourth-order valence-corrected chi connectivity index (χ4v) is 6.04. The molecule has 0 aliphatic rings. The summed E-state index contributed by atoms with van der Waals surface area (Å²) in [6.45, 7) is 8.20. The highest BCUT2D eigenvalue weighted by Gasteiger charge is 2.36. The van der Waals surface area contributed by atoms with Gasteiger partial charge in [0.1, 0.15) is 11.5 Å². The van der Waals surface area contributed by atoms with E-state index in [-0.39, 0.29) is 25.1 Å². The molecule has 0 saturated carbocycles. The van der Waals surface area contributed by atoms with E-state index in [1.54, 1.807) is 31.7 Å². The first-order valence-electron chi connectivity index (χ1n) is 11.1. The summed E-state index contributed by atoms with van der Waals surface area (Å²) < 4.78 is 45.6. The molecular weight excluding hydrogens is 438 g/mol. The molecule has 2 aromatic rings. The van der Waals surface area contributed by atoms with Crippen molar-refractivity contribution >= 4 is 10.0 Å². The first kappa shape index (κ1) is 26.9. The average Bonchev–Trinajstić information content (AvgIpc) is 2.82. The van der Waals surface area contributed by atoms with Gasteiger partial charge >= 0.3 is 0 Å². The number of hydrogen-bond donors (Lipinski definition) is 0. The highest BCUT2D eigenvalue weighted by atomic mass is 32.2. The molecule has 0 fully saturated rings. The molecule has 0 saturated heterocycles. The highest BCUT2D eigenvalue weighted by Crippen LogP contribution is 2.28. The first-order chi connectivity index (χ1) is 15.7. The molecule has 0 heterocycles. The van der Waals surface area contributed by atoms with E-state index in [4.69, 9.17) is 14.2 Å². The molecule has 0 aromatic heterocycles. The number of rotatable bonds is 14. The van der Waals surface area contributed by atoms with E-state index in [0.717, 1.165) is 22.6 Å². The maximum absolute atomic E-state index is 14.0. The van der Waals surface area contributed by atoms with Crippen molar-refractivity contribution in [3.8, 4) is 11.5 Å². The first-order valence-corrected chi connectivity index (χ1v) is 12.6. The van der Waals surface area contributed by atoms with Crippen LogP contribution in [0.4, 0.5) is 0 Å². The largest absolute Gasteiger partial charge is 0.497 e. The number of nitrogens with zero attached hydrogens (tertiary/aromatic N) is 1. The van der Waals surface area contributed by atoms with Crippen LogP contribution in [0, 0.1) is 5.92 Å². The zero-order valence-corrected chi connectivity index (χ0v) is 21.2. The van der Waals surface area contributed by atoms with Crippen molar-refractivity contribution in [1.29, 1.82) is 0 Å². The SMILES string of the molecule is C=CC[C@H](C)[C@H](C[C@@H](C)OC)S(=O)(=O)N(Cc1ccc(OC)cc1)Cc1ccc(OC)cc1. The predicted molar refractivity (Wildman–Crippen MR) is 133 cm³/mol. The lowest BCUT2D eigenvalue weighted by molar-refractivity contribution is 0.105. The van der Waals surface area contributed by atoms with Crippen LogP contribution in [0.2, 0.25) is 0 Å². The smallest absolute Gasteiger partial charge is 0.217 e. The third kappa shape index (κ3) is 7.59. The van der Waals surface area contributed by atoms with Gasteiger partial charge in [-0.05, 0) is 61.1 Å². The van der Waals surface area contributed by atoms with Crippen molar-refractivity contribution in [2.24, 2.45) is 5.92 Å². The summed E-state index contributed by atoms with van der Waals surface area (Å²) >= 11 is 0. The summed E-state index contributed by atoms with van der Waals surface area (Å²) in [7, 11) is 1.15. The molecular formula is C26H37NO5S. The van der Waals surface area contributed by atoms with Crippen LogP contribution in [0.25, 0.3) is 0 Å². The van der Waals surface area contributed by atoms with E-state index < -0.39 is 15.3 Å². The Morgan fingerprint density at radius 3 is 1.70 bits per heavy atom. The lowest BCUT2D eigenvalue weighted by Gasteiger charge is -2.32. The minimum atomic E-state index is -3.67. The summed E-state index contributed by atoms with van der Waals surface area (Å²) in [5.74, 6) is 1.36. The van der Waals surface area contributed by atoms with Crippen molar-refractivity contribution in [2.45, 2.75) is 51.1 Å². The Morgan fingerprint density at radius 1 is 0.879 bits per heavy atom. The fourth-order valence-electron chi connectivity index (χ4n) is 3.78. The Balaban J connectivity index is 2.44. The van der Waals surface area contributed by atoms with Gasteiger partial charge in [0, 0.05) is 20.2 Å². The van der Waals surface area contributed by atoms with Crippen molar-refractivity contribution in [1.82, 2.24) is 4.31 Å². The lowest BCUT2D eigenvalue weighted by Crippen LogP contribution is -2.42. The molecule has 0 N–H and O–H groups in total. The van der Waals surface area contributed by atoms with Crippen LogP contribution in [-0.2, 0) is 27.8 Å². The minimum absolute atomic E-state index is 0.0978. The van der Waals surface area contributed by atoms with E-state index in [0.29, 0.717) is 12.8 Å². The minimum Gasteiger partial charge on any atom is -0.497 e. The van der Waals surface area contributed by atoms with Crippen LogP contribution in [-0.4, -0.2) is 45.4 Å². The van der Waals surface area contributed by atoms with Crippen molar-refractivity contribution < 1.29 is 22.6 Å². The van der Waals surface area contributed by atoms with Crippen LogP contribution in [0.5, 0.6) is 11.5 Å². The Kier molecular flexibility index (Phi) is 10.4. The molecule has 0 bridgehead atoms. The zero-order chi connectivity index (χ0) is 24.4. The van der Waals surface area contributed by atoms with Gasteiger partial charge in [0.2, 0.25) is 10.0 Å². The van der Waals surface area contributed by atoms with Crippen molar-refractivity contribution in [3.05, 3.63) is 72.3 Å². The van der Waals surface area contributed by atoms with E-state index in [1.165, 1.54) is 0 Å². The molecule has 0 aliphatic carbocycles. The molecule has 182 valence electrons. The second kappa shape index (κ2) is 12.8. The van der Waals surface area contributed by atoms with Gasteiger partial charge in [0.05, 0.1) is 25.6 Å². The van der Waals surface area contributed by atoms with Crippen LogP contribution in [0.3, 0.4) is 0 Å². The van der Waals surface area contributed by atoms with Gasteiger partial charge in [-0.25, -0.2) is 8.42 Å². The topological polar surface area (TPSA) is 65.1 Å². The quantitative estimate of drug-likeness (QED) is 0.358. The van der Waals surface area contributed by atoms with E-state index >= 15 is 0 Å². The maximum Gasteiger partial charge on any atom is 0.217 e. The molecule has 6 nitrogen and oxygen atoms in total. The molecule has 3 atom stereocenters. The van der Waals surface area contributed by atoms with Crippen LogP contribution in [0.15, 0.2) is 61.2 Å². The normalized spacial score (nSPS) is 14.5. The van der Waals surface area contributed by atoms with Gasteiger partial charge in [-0.1, -0.05) is 37.3 Å². The summed E-state index contributed by atoms with van der Waals surface area (Å²) in [4.78, 5) is 0. The standard InChI is InChI=1S/C26H37NO5S/c1-7-8-20(2)26(17-21(3)30-4)33(28,29)27(18-22-9-13-24(31-5)14-10-22)19-23-11-15-25(32-6)16-12-23/h7,9-16,20-21,26H,1,8,17-19H2,2-6H3/t20-,21+,26-/m0/s1. The fraction of sp³-hybridized carbons (Fsp3) is 0.462. The molecule has 0 spiro atoms. The van der Waals surface area contributed by atoms with Crippen LogP contribution < -0.4 is 9.47 Å². The summed E-state index contributed by atoms with van der Waals surface area (Å²) in [6, 6.07) is 15.0. The number of ether oxygens (including phenoxy) is 3. The van der Waals surface area contributed by atoms with Gasteiger partial charge in [-0.3, -0.25) is 0 Å². The van der Waals surface area contributed by atoms with E-state index in [1.807, 2.05) is 62.4 Å². The Morgan fingerprint density at radius 2 is 1.33 bits per heavy atom. The molecule has 2 rings (SSSR count). The Labute approximate surface area is 199 Å². The number of allylic oxidation sites excluding steroid dienone is 1. The van der Waals surface area contributed by atoms with E-state index in [9.17, 15) is 8.42 Å². The predicted octanol–water partition coefficient (Wildman–Crippen LogP) is 5.04. The number of benzene rings is 2. The third-order valence-electron chi connectivity index (χ3n) is 5.92.